The van der Waals surface area contributed by atoms with Gasteiger partial charge in [0.1, 0.15) is 6.26 Å². The van der Waals surface area contributed by atoms with E-state index >= 15 is 0 Å². The molecule has 2 aromatic rings. The van der Waals surface area contributed by atoms with Crippen LogP contribution in [0.1, 0.15) is 30.6 Å². The van der Waals surface area contributed by atoms with E-state index in [2.05, 4.69) is 41.5 Å². The van der Waals surface area contributed by atoms with Gasteiger partial charge in [0.25, 0.3) is 5.22 Å². The number of thioether (sulfide) groups is 1. The molecule has 1 heterocycles. The van der Waals surface area contributed by atoms with E-state index in [1.165, 1.54) is 5.56 Å². The molecule has 0 spiro atoms. The predicted octanol–water partition coefficient (Wildman–Crippen LogP) is 3.82. The summed E-state index contributed by atoms with van der Waals surface area (Å²) in [5.41, 5.74) is 2.24. The Balaban J connectivity index is 1.97. The molecule has 102 valence electrons. The predicted molar refractivity (Wildman–Crippen MR) is 79.4 cm³/mol. The average Bonchev–Trinajstić information content (AvgIpc) is 2.86. The fraction of sp³-hybridized carbons (Fsp3) is 0.400. The number of hydrogen-bond acceptors (Lipinski definition) is 4. The number of aryl methyl sites for hydroxylation is 1. The summed E-state index contributed by atoms with van der Waals surface area (Å²) < 4.78 is 5.38. The lowest BCUT2D eigenvalue weighted by Gasteiger charge is -2.17. The van der Waals surface area contributed by atoms with E-state index in [0.29, 0.717) is 6.04 Å². The molecule has 0 bridgehead atoms. The molecule has 3 nitrogen and oxygen atoms in total. The maximum atomic E-state index is 5.38. The van der Waals surface area contributed by atoms with Gasteiger partial charge in [-0.15, -0.1) is 0 Å². The molecule has 1 unspecified atom stereocenters. The molecule has 0 aliphatic carbocycles. The minimum absolute atomic E-state index is 0.332. The van der Waals surface area contributed by atoms with Crippen LogP contribution in [-0.2, 0) is 0 Å². The molecule has 1 aromatic carbocycles. The van der Waals surface area contributed by atoms with E-state index in [1.807, 2.05) is 13.0 Å². The van der Waals surface area contributed by atoms with Crippen molar-refractivity contribution in [2.75, 3.05) is 12.3 Å². The van der Waals surface area contributed by atoms with Gasteiger partial charge < -0.3 is 9.73 Å². The van der Waals surface area contributed by atoms with Crippen molar-refractivity contribution in [1.29, 1.82) is 0 Å². The minimum atomic E-state index is 0.332. The Hall–Kier alpha value is -1.26. The first-order valence-electron chi connectivity index (χ1n) is 6.63. The van der Waals surface area contributed by atoms with E-state index < -0.39 is 0 Å². The SMILES string of the molecule is CCCNC(CSc1nc(C)co1)c1ccccc1. The number of hydrogen-bond donors (Lipinski definition) is 1. The number of benzene rings is 1. The molecular weight excluding hydrogens is 256 g/mol. The third-order valence-corrected chi connectivity index (χ3v) is 3.75. The lowest BCUT2D eigenvalue weighted by molar-refractivity contribution is 0.453. The molecule has 19 heavy (non-hydrogen) atoms. The lowest BCUT2D eigenvalue weighted by atomic mass is 10.1. The van der Waals surface area contributed by atoms with Crippen LogP contribution in [0, 0.1) is 6.92 Å². The molecule has 0 aliphatic rings. The molecule has 0 radical (unpaired) electrons. The molecule has 1 aromatic heterocycles. The maximum absolute atomic E-state index is 5.38. The standard InChI is InChI=1S/C15H20N2OS/c1-3-9-16-14(13-7-5-4-6-8-13)11-19-15-17-12(2)10-18-15/h4-8,10,14,16H,3,9,11H2,1-2H3. The molecule has 1 N–H and O–H groups in total. The first-order chi connectivity index (χ1) is 9.29. The number of rotatable bonds is 7. The van der Waals surface area contributed by atoms with Crippen LogP contribution in [0.5, 0.6) is 0 Å². The molecular formula is C15H20N2OS. The smallest absolute Gasteiger partial charge is 0.255 e. The lowest BCUT2D eigenvalue weighted by Crippen LogP contribution is -2.24. The van der Waals surface area contributed by atoms with Gasteiger partial charge in [-0.3, -0.25) is 0 Å². The first kappa shape index (κ1) is 14.2. The molecule has 2 rings (SSSR count). The van der Waals surface area contributed by atoms with Gasteiger partial charge in [-0.1, -0.05) is 49.0 Å². The summed E-state index contributed by atoms with van der Waals surface area (Å²) in [5, 5.41) is 4.32. The van der Waals surface area contributed by atoms with Crippen molar-refractivity contribution in [3.63, 3.8) is 0 Å². The van der Waals surface area contributed by atoms with Crippen LogP contribution in [0.25, 0.3) is 0 Å². The number of oxazole rings is 1. The van der Waals surface area contributed by atoms with Crippen molar-refractivity contribution in [3.05, 3.63) is 47.9 Å². The third kappa shape index (κ3) is 4.40. The zero-order chi connectivity index (χ0) is 13.5. The monoisotopic (exact) mass is 276 g/mol. The van der Waals surface area contributed by atoms with Crippen molar-refractivity contribution in [2.24, 2.45) is 0 Å². The first-order valence-corrected chi connectivity index (χ1v) is 7.61. The minimum Gasteiger partial charge on any atom is -0.440 e. The van der Waals surface area contributed by atoms with Crippen LogP contribution in [-0.4, -0.2) is 17.3 Å². The van der Waals surface area contributed by atoms with E-state index in [4.69, 9.17) is 4.42 Å². The van der Waals surface area contributed by atoms with E-state index in [9.17, 15) is 0 Å². The van der Waals surface area contributed by atoms with Gasteiger partial charge in [-0.25, -0.2) is 4.98 Å². The molecule has 1 atom stereocenters. The van der Waals surface area contributed by atoms with Crippen LogP contribution in [0.4, 0.5) is 0 Å². The Bertz CT molecular complexity index is 484. The van der Waals surface area contributed by atoms with Crippen LogP contribution in [0.2, 0.25) is 0 Å². The number of nitrogens with zero attached hydrogens (tertiary/aromatic N) is 1. The zero-order valence-corrected chi connectivity index (χ0v) is 12.2. The second-order valence-electron chi connectivity index (χ2n) is 4.48. The normalized spacial score (nSPS) is 12.5. The van der Waals surface area contributed by atoms with E-state index in [-0.39, 0.29) is 0 Å². The summed E-state index contributed by atoms with van der Waals surface area (Å²) in [6, 6.07) is 10.9. The zero-order valence-electron chi connectivity index (χ0n) is 11.4. The van der Waals surface area contributed by atoms with Gasteiger partial charge in [0.05, 0.1) is 5.69 Å². The highest BCUT2D eigenvalue weighted by Gasteiger charge is 2.12. The molecule has 0 aliphatic heterocycles. The van der Waals surface area contributed by atoms with E-state index in [0.717, 1.165) is 29.6 Å². The quantitative estimate of drug-likeness (QED) is 0.780. The maximum Gasteiger partial charge on any atom is 0.255 e. The molecule has 0 saturated carbocycles. The van der Waals surface area contributed by atoms with Gasteiger partial charge in [-0.2, -0.15) is 0 Å². The van der Waals surface area contributed by atoms with Gasteiger partial charge >= 0.3 is 0 Å². The Kier molecular flexibility index (Phi) is 5.48. The van der Waals surface area contributed by atoms with Crippen LogP contribution < -0.4 is 5.32 Å². The highest BCUT2D eigenvalue weighted by Crippen LogP contribution is 2.24. The van der Waals surface area contributed by atoms with Crippen molar-refractivity contribution < 1.29 is 4.42 Å². The fourth-order valence-corrected chi connectivity index (χ4v) is 2.77. The van der Waals surface area contributed by atoms with Crippen LogP contribution in [0.3, 0.4) is 0 Å². The Morgan fingerprint density at radius 3 is 2.74 bits per heavy atom. The van der Waals surface area contributed by atoms with Gasteiger partial charge in [-0.05, 0) is 25.5 Å². The van der Waals surface area contributed by atoms with E-state index in [1.54, 1.807) is 18.0 Å². The summed E-state index contributed by atoms with van der Waals surface area (Å²) >= 11 is 1.65. The van der Waals surface area contributed by atoms with Crippen LogP contribution in [0.15, 0.2) is 46.2 Å². The summed E-state index contributed by atoms with van der Waals surface area (Å²) in [5.74, 6) is 0.921. The summed E-state index contributed by atoms with van der Waals surface area (Å²) in [7, 11) is 0. The van der Waals surface area contributed by atoms with Crippen molar-refractivity contribution >= 4 is 11.8 Å². The van der Waals surface area contributed by atoms with Gasteiger partial charge in [0, 0.05) is 11.8 Å². The van der Waals surface area contributed by atoms with Gasteiger partial charge in [0.15, 0.2) is 0 Å². The molecule has 0 fully saturated rings. The highest BCUT2D eigenvalue weighted by atomic mass is 32.2. The summed E-state index contributed by atoms with van der Waals surface area (Å²) in [4.78, 5) is 4.33. The van der Waals surface area contributed by atoms with Crippen LogP contribution >= 0.6 is 11.8 Å². The molecule has 4 heteroatoms. The second-order valence-corrected chi connectivity index (χ2v) is 5.45. The van der Waals surface area contributed by atoms with Crippen molar-refractivity contribution in [1.82, 2.24) is 10.3 Å². The summed E-state index contributed by atoms with van der Waals surface area (Å²) in [6.07, 6.45) is 2.82. The molecule has 0 saturated heterocycles. The third-order valence-electron chi connectivity index (χ3n) is 2.81. The largest absolute Gasteiger partial charge is 0.440 e. The Morgan fingerprint density at radius 1 is 1.32 bits per heavy atom. The average molecular weight is 276 g/mol. The Labute approximate surface area is 118 Å². The van der Waals surface area contributed by atoms with Crippen molar-refractivity contribution in [3.8, 4) is 0 Å². The Morgan fingerprint density at radius 2 is 2.11 bits per heavy atom. The molecule has 0 amide bonds. The van der Waals surface area contributed by atoms with Gasteiger partial charge in [0.2, 0.25) is 0 Å². The fourth-order valence-electron chi connectivity index (χ4n) is 1.83. The summed E-state index contributed by atoms with van der Waals surface area (Å²) in [6.45, 7) is 5.14. The number of aromatic nitrogens is 1. The second kappa shape index (κ2) is 7.36. The van der Waals surface area contributed by atoms with Crippen molar-refractivity contribution in [2.45, 2.75) is 31.5 Å². The highest BCUT2D eigenvalue weighted by molar-refractivity contribution is 7.99. The number of nitrogens with one attached hydrogen (secondary N) is 1. The topological polar surface area (TPSA) is 38.1 Å².